The molecule has 1 aromatic rings. The van der Waals surface area contributed by atoms with Gasteiger partial charge in [-0.25, -0.2) is 9.18 Å². The minimum atomic E-state index is -0.317. The molecule has 0 saturated carbocycles. The normalized spacial score (nSPS) is 18.7. The first-order chi connectivity index (χ1) is 11.1. The average molecular weight is 321 g/mol. The molecule has 0 N–H and O–H groups in total. The van der Waals surface area contributed by atoms with Gasteiger partial charge in [0.25, 0.3) is 0 Å². The first-order valence-corrected chi connectivity index (χ1v) is 7.78. The topological polar surface area (TPSA) is 53.1 Å². The van der Waals surface area contributed by atoms with Crippen LogP contribution in [0.5, 0.6) is 0 Å². The van der Waals surface area contributed by atoms with Crippen LogP contribution in [0, 0.1) is 5.82 Å². The van der Waals surface area contributed by atoms with Crippen molar-refractivity contribution in [2.45, 2.75) is 6.54 Å². The van der Waals surface area contributed by atoms with Gasteiger partial charge in [-0.2, -0.15) is 0 Å². The van der Waals surface area contributed by atoms with E-state index in [2.05, 4.69) is 0 Å². The standard InChI is InChI=1S/C16H20FN3O3/c17-14-4-2-1-3-13(14)11-19-5-6-20(16(19)22)12-15(21)18-7-9-23-10-8-18/h1-4H,5-12H2. The minimum Gasteiger partial charge on any atom is -0.378 e. The lowest BCUT2D eigenvalue weighted by atomic mass is 10.2. The highest BCUT2D eigenvalue weighted by molar-refractivity contribution is 5.85. The maximum Gasteiger partial charge on any atom is 0.320 e. The Morgan fingerprint density at radius 3 is 2.52 bits per heavy atom. The second-order valence-corrected chi connectivity index (χ2v) is 5.71. The number of amides is 3. The Morgan fingerprint density at radius 1 is 1.09 bits per heavy atom. The van der Waals surface area contributed by atoms with Gasteiger partial charge in [-0.3, -0.25) is 4.79 Å². The van der Waals surface area contributed by atoms with Crippen LogP contribution in [-0.4, -0.2) is 72.6 Å². The highest BCUT2D eigenvalue weighted by Crippen LogP contribution is 2.16. The molecule has 3 rings (SSSR count). The third kappa shape index (κ3) is 3.61. The fraction of sp³-hybridized carbons (Fsp3) is 0.500. The van der Waals surface area contributed by atoms with Gasteiger partial charge in [-0.15, -0.1) is 0 Å². The molecular formula is C16H20FN3O3. The Labute approximate surface area is 134 Å². The number of urea groups is 1. The smallest absolute Gasteiger partial charge is 0.320 e. The predicted molar refractivity (Wildman–Crippen MR) is 81.2 cm³/mol. The van der Waals surface area contributed by atoms with Crippen molar-refractivity contribution in [3.8, 4) is 0 Å². The van der Waals surface area contributed by atoms with Gasteiger partial charge in [-0.1, -0.05) is 18.2 Å². The van der Waals surface area contributed by atoms with Crippen molar-refractivity contribution in [3.05, 3.63) is 35.6 Å². The van der Waals surface area contributed by atoms with E-state index in [0.717, 1.165) is 0 Å². The summed E-state index contributed by atoms with van der Waals surface area (Å²) < 4.78 is 18.9. The molecule has 0 spiro atoms. The Morgan fingerprint density at radius 2 is 1.78 bits per heavy atom. The molecule has 0 atom stereocenters. The highest BCUT2D eigenvalue weighted by atomic mass is 19.1. The van der Waals surface area contributed by atoms with Crippen molar-refractivity contribution in [1.29, 1.82) is 0 Å². The quantitative estimate of drug-likeness (QED) is 0.829. The number of nitrogens with zero attached hydrogens (tertiary/aromatic N) is 3. The molecule has 2 saturated heterocycles. The Hall–Kier alpha value is -2.15. The van der Waals surface area contributed by atoms with Crippen LogP contribution >= 0.6 is 0 Å². The summed E-state index contributed by atoms with van der Waals surface area (Å²) in [6.45, 7) is 3.52. The number of rotatable bonds is 4. The summed E-state index contributed by atoms with van der Waals surface area (Å²) >= 11 is 0. The molecule has 2 fully saturated rings. The number of hydrogen-bond donors (Lipinski definition) is 0. The number of carbonyl (C=O) groups is 2. The number of benzene rings is 1. The maximum absolute atomic E-state index is 13.7. The van der Waals surface area contributed by atoms with Gasteiger partial charge in [0.15, 0.2) is 0 Å². The zero-order chi connectivity index (χ0) is 16.2. The van der Waals surface area contributed by atoms with Crippen LogP contribution in [0.15, 0.2) is 24.3 Å². The highest BCUT2D eigenvalue weighted by Gasteiger charge is 2.31. The van der Waals surface area contributed by atoms with Crippen LogP contribution < -0.4 is 0 Å². The lowest BCUT2D eigenvalue weighted by molar-refractivity contribution is -0.135. The number of ether oxygens (including phenoxy) is 1. The SMILES string of the molecule is O=C(CN1CCN(Cc2ccccc2F)C1=O)N1CCOCC1. The summed E-state index contributed by atoms with van der Waals surface area (Å²) in [6.07, 6.45) is 0. The molecule has 6 nitrogen and oxygen atoms in total. The first kappa shape index (κ1) is 15.7. The Kier molecular flexibility index (Phi) is 4.76. The van der Waals surface area contributed by atoms with E-state index in [-0.39, 0.29) is 30.8 Å². The fourth-order valence-electron chi connectivity index (χ4n) is 2.83. The number of morpholine rings is 1. The van der Waals surface area contributed by atoms with Crippen molar-refractivity contribution in [1.82, 2.24) is 14.7 Å². The molecule has 0 radical (unpaired) electrons. The predicted octanol–water partition coefficient (Wildman–Crippen LogP) is 0.922. The number of halogens is 1. The summed E-state index contributed by atoms with van der Waals surface area (Å²) in [4.78, 5) is 29.4. The second-order valence-electron chi connectivity index (χ2n) is 5.71. The van der Waals surface area contributed by atoms with Gasteiger partial charge in [0.1, 0.15) is 12.4 Å². The summed E-state index contributed by atoms with van der Waals surface area (Å²) in [7, 11) is 0. The van der Waals surface area contributed by atoms with Crippen LogP contribution in [0.3, 0.4) is 0 Å². The maximum atomic E-state index is 13.7. The second kappa shape index (κ2) is 6.95. The zero-order valence-electron chi connectivity index (χ0n) is 12.9. The number of carbonyl (C=O) groups excluding carboxylic acids is 2. The van der Waals surface area contributed by atoms with Crippen molar-refractivity contribution in [3.63, 3.8) is 0 Å². The van der Waals surface area contributed by atoms with Crippen molar-refractivity contribution >= 4 is 11.9 Å². The van der Waals surface area contributed by atoms with Gasteiger partial charge in [0.2, 0.25) is 5.91 Å². The molecular weight excluding hydrogens is 301 g/mol. The largest absolute Gasteiger partial charge is 0.378 e. The van der Waals surface area contributed by atoms with E-state index in [1.807, 2.05) is 0 Å². The van der Waals surface area contributed by atoms with Crippen molar-refractivity contribution in [2.24, 2.45) is 0 Å². The summed E-state index contributed by atoms with van der Waals surface area (Å²) in [5.74, 6) is -0.377. The molecule has 2 aliphatic rings. The van der Waals surface area contributed by atoms with Crippen LogP contribution in [0.1, 0.15) is 5.56 Å². The van der Waals surface area contributed by atoms with Gasteiger partial charge < -0.3 is 19.4 Å². The van der Waals surface area contributed by atoms with Crippen LogP contribution in [0.2, 0.25) is 0 Å². The summed E-state index contributed by atoms with van der Waals surface area (Å²) in [5, 5.41) is 0. The molecule has 2 heterocycles. The van der Waals surface area contributed by atoms with Gasteiger partial charge >= 0.3 is 6.03 Å². The Balaban J connectivity index is 1.56. The molecule has 124 valence electrons. The molecule has 1 aromatic carbocycles. The molecule has 23 heavy (non-hydrogen) atoms. The lowest BCUT2D eigenvalue weighted by Gasteiger charge is -2.28. The van der Waals surface area contributed by atoms with E-state index in [4.69, 9.17) is 4.74 Å². The molecule has 3 amide bonds. The molecule has 2 aliphatic heterocycles. The molecule has 7 heteroatoms. The van der Waals surface area contributed by atoms with E-state index in [1.54, 1.807) is 28.0 Å². The van der Waals surface area contributed by atoms with E-state index >= 15 is 0 Å². The molecule has 0 aliphatic carbocycles. The van der Waals surface area contributed by atoms with Crippen LogP contribution in [0.4, 0.5) is 9.18 Å². The summed E-state index contributed by atoms with van der Waals surface area (Å²) in [6, 6.07) is 6.21. The molecule has 0 bridgehead atoms. The number of hydrogen-bond acceptors (Lipinski definition) is 3. The van der Waals surface area contributed by atoms with Crippen molar-refractivity contribution in [2.75, 3.05) is 45.9 Å². The lowest BCUT2D eigenvalue weighted by Crippen LogP contribution is -2.46. The van der Waals surface area contributed by atoms with Gasteiger partial charge in [0, 0.05) is 31.7 Å². The summed E-state index contributed by atoms with van der Waals surface area (Å²) in [5.41, 5.74) is 0.488. The van der Waals surface area contributed by atoms with Crippen molar-refractivity contribution < 1.29 is 18.7 Å². The molecule has 0 aromatic heterocycles. The van der Waals surface area contributed by atoms with E-state index in [1.165, 1.54) is 11.0 Å². The van der Waals surface area contributed by atoms with Crippen LogP contribution in [-0.2, 0) is 16.1 Å². The first-order valence-electron chi connectivity index (χ1n) is 7.78. The van der Waals surface area contributed by atoms with E-state index < -0.39 is 0 Å². The van der Waals surface area contributed by atoms with Gasteiger partial charge in [0.05, 0.1) is 19.8 Å². The third-order valence-corrected chi connectivity index (χ3v) is 4.19. The minimum absolute atomic E-state index is 0.0607. The van der Waals surface area contributed by atoms with E-state index in [9.17, 15) is 14.0 Å². The van der Waals surface area contributed by atoms with E-state index in [0.29, 0.717) is 45.0 Å². The van der Waals surface area contributed by atoms with Gasteiger partial charge in [-0.05, 0) is 6.07 Å². The fourth-order valence-corrected chi connectivity index (χ4v) is 2.83. The Bertz CT molecular complexity index is 590. The third-order valence-electron chi connectivity index (χ3n) is 4.19. The molecule has 0 unspecified atom stereocenters. The zero-order valence-corrected chi connectivity index (χ0v) is 12.9. The van der Waals surface area contributed by atoms with Crippen LogP contribution in [0.25, 0.3) is 0 Å². The average Bonchev–Trinajstić information content (AvgIpc) is 2.91. The monoisotopic (exact) mass is 321 g/mol.